The molecular formula is C26H27ClF3N7O4. The summed E-state index contributed by atoms with van der Waals surface area (Å²) in [5.41, 5.74) is -1.37. The molecule has 5 rings (SSSR count). The maximum Gasteiger partial charge on any atom is 0.433 e. The maximum absolute atomic E-state index is 13.3. The van der Waals surface area contributed by atoms with Crippen LogP contribution in [-0.2, 0) is 18.0 Å². The van der Waals surface area contributed by atoms with Gasteiger partial charge in [-0.05, 0) is 39.0 Å². The number of nitrogens with one attached hydrogen (secondary N) is 3. The predicted molar refractivity (Wildman–Crippen MR) is 141 cm³/mol. The van der Waals surface area contributed by atoms with Gasteiger partial charge >= 0.3 is 12.3 Å². The fourth-order valence-corrected chi connectivity index (χ4v) is 5.24. The molecule has 3 heterocycles. The number of aromatic nitrogens is 4. The molecular weight excluding hydrogens is 567 g/mol. The van der Waals surface area contributed by atoms with Gasteiger partial charge < -0.3 is 24.8 Å². The third kappa shape index (κ3) is 5.73. The Bertz CT molecular complexity index is 1520. The minimum absolute atomic E-state index is 0.0420. The molecule has 1 aliphatic heterocycles. The number of fused-ring (bicyclic) bond motifs is 1. The largest absolute Gasteiger partial charge is 0.444 e. The normalized spacial score (nSPS) is 20.0. The fraction of sp³-hybridized carbons (Fsp3) is 0.423. The van der Waals surface area contributed by atoms with Crippen molar-refractivity contribution in [2.24, 2.45) is 18.9 Å². The highest BCUT2D eigenvalue weighted by atomic mass is 35.5. The molecule has 1 aromatic carbocycles. The number of nitrogens with zero attached hydrogens (tertiary/aromatic N) is 4. The van der Waals surface area contributed by atoms with Gasteiger partial charge in [0.1, 0.15) is 11.3 Å². The summed E-state index contributed by atoms with van der Waals surface area (Å²) in [5, 5.41) is 11.0. The van der Waals surface area contributed by atoms with E-state index in [1.807, 2.05) is 5.10 Å². The molecule has 3 N–H and O–H groups in total. The van der Waals surface area contributed by atoms with E-state index in [0.29, 0.717) is 13.1 Å². The molecule has 15 heteroatoms. The van der Waals surface area contributed by atoms with Crippen LogP contribution in [0.1, 0.15) is 47.4 Å². The highest BCUT2D eigenvalue weighted by molar-refractivity contribution is 6.34. The first kappa shape index (κ1) is 28.5. The number of halogens is 4. The molecule has 3 amide bonds. The lowest BCUT2D eigenvalue weighted by molar-refractivity contribution is -0.140. The highest BCUT2D eigenvalue weighted by Crippen LogP contribution is 2.46. The number of benzene rings is 1. The predicted octanol–water partition coefficient (Wildman–Crippen LogP) is 4.33. The summed E-state index contributed by atoms with van der Waals surface area (Å²) >= 11 is 6.35. The van der Waals surface area contributed by atoms with Crippen LogP contribution in [0.25, 0.3) is 11.3 Å². The number of alkyl halides is 3. The summed E-state index contributed by atoms with van der Waals surface area (Å²) in [6.07, 6.45) is -2.88. The number of H-pyrrole nitrogens is 1. The molecule has 2 aliphatic rings. The first-order valence-electron chi connectivity index (χ1n) is 12.7. The van der Waals surface area contributed by atoms with Crippen molar-refractivity contribution in [2.45, 2.75) is 38.6 Å². The van der Waals surface area contributed by atoms with Crippen molar-refractivity contribution in [3.05, 3.63) is 52.7 Å². The van der Waals surface area contributed by atoms with Crippen molar-refractivity contribution in [3.63, 3.8) is 0 Å². The summed E-state index contributed by atoms with van der Waals surface area (Å²) in [6, 6.07) is 4.26. The molecule has 3 aromatic rings. The summed E-state index contributed by atoms with van der Waals surface area (Å²) in [6.45, 7) is 6.40. The van der Waals surface area contributed by atoms with E-state index >= 15 is 0 Å². The lowest BCUT2D eigenvalue weighted by Crippen LogP contribution is -2.40. The van der Waals surface area contributed by atoms with Crippen molar-refractivity contribution >= 4 is 35.2 Å². The first-order chi connectivity index (χ1) is 19.1. The van der Waals surface area contributed by atoms with Gasteiger partial charge in [-0.3, -0.25) is 14.7 Å². The number of imidazole rings is 1. The minimum Gasteiger partial charge on any atom is -0.444 e. The van der Waals surface area contributed by atoms with Crippen LogP contribution in [0.3, 0.4) is 0 Å². The van der Waals surface area contributed by atoms with Crippen molar-refractivity contribution in [2.75, 3.05) is 18.4 Å². The number of likely N-dealkylation sites (tertiary alicyclic amines) is 1. The molecule has 1 aliphatic carbocycles. The lowest BCUT2D eigenvalue weighted by Gasteiger charge is -2.26. The summed E-state index contributed by atoms with van der Waals surface area (Å²) < 4.78 is 46.4. The van der Waals surface area contributed by atoms with E-state index in [2.05, 4.69) is 20.7 Å². The zero-order chi connectivity index (χ0) is 29.9. The third-order valence-electron chi connectivity index (χ3n) is 7.01. The van der Waals surface area contributed by atoms with E-state index in [4.69, 9.17) is 16.3 Å². The quantitative estimate of drug-likeness (QED) is 0.403. The zero-order valence-corrected chi connectivity index (χ0v) is 23.2. The SMILES string of the molecule is Cn1c(-c2cn[nH]c2C(F)(F)F)cnc1C(=O)Nc1ccc(C(=O)NC2C3CN(C(=O)OC(C)(C)C)CC32)c(Cl)c1. The van der Waals surface area contributed by atoms with Gasteiger partial charge in [0, 0.05) is 43.7 Å². The standard InChI is InChI=1S/C26H27ClF3N7O4/c1-25(2,3)41-24(40)37-10-15-16(11-37)19(15)34-22(38)13-6-5-12(7-17(13)27)33-23(39)21-31-9-18(36(21)4)14-8-32-35-20(14)26(28,29)30/h5-9,15-16,19H,10-11H2,1-4H3,(H,32,35)(H,33,39)(H,34,38). The van der Waals surface area contributed by atoms with E-state index in [9.17, 15) is 27.6 Å². The number of amides is 3. The Morgan fingerprint density at radius 1 is 1.10 bits per heavy atom. The van der Waals surface area contributed by atoms with Crippen LogP contribution in [-0.4, -0.2) is 67.3 Å². The van der Waals surface area contributed by atoms with Gasteiger partial charge in [-0.1, -0.05) is 11.6 Å². The Morgan fingerprint density at radius 2 is 1.78 bits per heavy atom. The van der Waals surface area contributed by atoms with Gasteiger partial charge in [-0.25, -0.2) is 9.78 Å². The fourth-order valence-electron chi connectivity index (χ4n) is 4.98. The first-order valence-corrected chi connectivity index (χ1v) is 13.0. The maximum atomic E-state index is 13.3. The highest BCUT2D eigenvalue weighted by Gasteiger charge is 2.58. The monoisotopic (exact) mass is 593 g/mol. The van der Waals surface area contributed by atoms with E-state index in [-0.39, 0.29) is 63.2 Å². The van der Waals surface area contributed by atoms with Gasteiger partial charge in [-0.15, -0.1) is 0 Å². The van der Waals surface area contributed by atoms with Gasteiger partial charge in [0.2, 0.25) is 0 Å². The second-order valence-electron chi connectivity index (χ2n) is 11.0. The molecule has 2 atom stereocenters. The van der Waals surface area contributed by atoms with Crippen LogP contribution in [0.2, 0.25) is 5.02 Å². The third-order valence-corrected chi connectivity index (χ3v) is 7.32. The van der Waals surface area contributed by atoms with Crippen LogP contribution in [0, 0.1) is 11.8 Å². The van der Waals surface area contributed by atoms with Crippen LogP contribution >= 0.6 is 11.6 Å². The number of anilines is 1. The molecule has 2 unspecified atom stereocenters. The number of carbonyl (C=O) groups excluding carboxylic acids is 3. The average molecular weight is 594 g/mol. The summed E-state index contributed by atoms with van der Waals surface area (Å²) in [4.78, 5) is 43.6. The van der Waals surface area contributed by atoms with E-state index < -0.39 is 23.4 Å². The lowest BCUT2D eigenvalue weighted by atomic mass is 10.2. The molecule has 2 aromatic heterocycles. The molecule has 0 spiro atoms. The molecule has 0 radical (unpaired) electrons. The number of hydrogen-bond acceptors (Lipinski definition) is 6. The Hall–Kier alpha value is -4.07. The van der Waals surface area contributed by atoms with E-state index in [1.165, 1.54) is 29.8 Å². The van der Waals surface area contributed by atoms with E-state index in [1.54, 1.807) is 25.7 Å². The number of aromatic amines is 1. The Labute approximate surface area is 237 Å². The summed E-state index contributed by atoms with van der Waals surface area (Å²) in [7, 11) is 1.41. The van der Waals surface area contributed by atoms with Gasteiger partial charge in [0.15, 0.2) is 5.82 Å². The Balaban J connectivity index is 1.19. The molecule has 0 bridgehead atoms. The van der Waals surface area contributed by atoms with Gasteiger partial charge in [0.25, 0.3) is 11.8 Å². The van der Waals surface area contributed by atoms with Gasteiger partial charge in [-0.2, -0.15) is 18.3 Å². The van der Waals surface area contributed by atoms with Crippen molar-refractivity contribution in [1.29, 1.82) is 0 Å². The van der Waals surface area contributed by atoms with Crippen LogP contribution < -0.4 is 10.6 Å². The topological polar surface area (TPSA) is 134 Å². The molecule has 41 heavy (non-hydrogen) atoms. The van der Waals surface area contributed by atoms with Crippen molar-refractivity contribution in [1.82, 2.24) is 30.0 Å². The van der Waals surface area contributed by atoms with E-state index in [0.717, 1.165) is 12.4 Å². The molecule has 1 saturated carbocycles. The minimum atomic E-state index is -4.66. The van der Waals surface area contributed by atoms with Crippen LogP contribution in [0.5, 0.6) is 0 Å². The number of rotatable bonds is 5. The number of ether oxygens (including phenoxy) is 1. The molecule has 1 saturated heterocycles. The summed E-state index contributed by atoms with van der Waals surface area (Å²) in [5.74, 6) is -0.940. The molecule has 2 fully saturated rings. The van der Waals surface area contributed by atoms with Crippen molar-refractivity contribution < 1.29 is 32.3 Å². The van der Waals surface area contributed by atoms with Crippen molar-refractivity contribution in [3.8, 4) is 11.3 Å². The molecule has 11 nitrogen and oxygen atoms in total. The number of carbonyl (C=O) groups is 3. The number of piperidine rings is 1. The Kier molecular flexibility index (Phi) is 7.00. The smallest absolute Gasteiger partial charge is 0.433 e. The van der Waals surface area contributed by atoms with Gasteiger partial charge in [0.05, 0.1) is 34.2 Å². The second-order valence-corrected chi connectivity index (χ2v) is 11.5. The molecule has 218 valence electrons. The zero-order valence-electron chi connectivity index (χ0n) is 22.5. The number of hydrogen-bond donors (Lipinski definition) is 3. The Morgan fingerprint density at radius 3 is 2.39 bits per heavy atom. The average Bonchev–Trinajstić information content (AvgIpc) is 3.33. The second kappa shape index (κ2) is 10.1. The van der Waals surface area contributed by atoms with Crippen LogP contribution in [0.4, 0.5) is 23.7 Å². The van der Waals surface area contributed by atoms with Crippen LogP contribution in [0.15, 0.2) is 30.6 Å².